The standard InChI is InChI=1S/C21H22FN5O.CH2O/c1-12(2)11-27-17-9-6-14(10-16(17)24-21(27)28)19-18(25-20(23-3)26-19)13-4-7-15(22)8-5-13;1-2/h4-10,12H,11H2,1-3H3,(H,24,28)(H2,23,25,26);1H2. The normalized spacial score (nSPS) is 10.8. The van der Waals surface area contributed by atoms with E-state index in [0.29, 0.717) is 18.4 Å². The van der Waals surface area contributed by atoms with Crippen LogP contribution in [0.3, 0.4) is 0 Å². The zero-order valence-electron chi connectivity index (χ0n) is 17.1. The van der Waals surface area contributed by atoms with Crippen LogP contribution in [0.4, 0.5) is 10.3 Å². The third-order valence-corrected chi connectivity index (χ3v) is 4.67. The zero-order chi connectivity index (χ0) is 21.8. The molecule has 0 atom stereocenters. The minimum Gasteiger partial charge on any atom is -0.359 e. The summed E-state index contributed by atoms with van der Waals surface area (Å²) in [6, 6.07) is 12.1. The maximum absolute atomic E-state index is 13.3. The lowest BCUT2D eigenvalue weighted by atomic mass is 10.0. The van der Waals surface area contributed by atoms with Crippen molar-refractivity contribution in [1.29, 1.82) is 0 Å². The van der Waals surface area contributed by atoms with Gasteiger partial charge < -0.3 is 20.1 Å². The Kier molecular flexibility index (Phi) is 6.15. The van der Waals surface area contributed by atoms with Crippen LogP contribution in [0.1, 0.15) is 13.8 Å². The molecule has 7 nitrogen and oxygen atoms in total. The smallest absolute Gasteiger partial charge is 0.326 e. The summed E-state index contributed by atoms with van der Waals surface area (Å²) in [4.78, 5) is 31.1. The number of aromatic nitrogens is 4. The Morgan fingerprint density at radius 3 is 2.40 bits per heavy atom. The van der Waals surface area contributed by atoms with Gasteiger partial charge >= 0.3 is 5.69 Å². The summed E-state index contributed by atoms with van der Waals surface area (Å²) < 4.78 is 15.1. The first kappa shape index (κ1) is 21.0. The fourth-order valence-corrected chi connectivity index (χ4v) is 3.38. The highest BCUT2D eigenvalue weighted by Crippen LogP contribution is 2.32. The molecule has 2 aromatic carbocycles. The van der Waals surface area contributed by atoms with Gasteiger partial charge in [-0.2, -0.15) is 0 Å². The summed E-state index contributed by atoms with van der Waals surface area (Å²) in [6.07, 6.45) is 0. The number of fused-ring (bicyclic) bond motifs is 1. The molecular formula is C22H24FN5O2. The lowest BCUT2D eigenvalue weighted by molar-refractivity contribution is -0.0979. The first-order valence-corrected chi connectivity index (χ1v) is 9.51. The summed E-state index contributed by atoms with van der Waals surface area (Å²) in [5.41, 5.74) is 4.73. The number of halogens is 1. The molecule has 2 aromatic heterocycles. The molecule has 0 aliphatic carbocycles. The summed E-state index contributed by atoms with van der Waals surface area (Å²) in [6.45, 7) is 6.82. The molecule has 4 aromatic rings. The van der Waals surface area contributed by atoms with E-state index < -0.39 is 0 Å². The number of hydrogen-bond acceptors (Lipinski definition) is 4. The van der Waals surface area contributed by atoms with E-state index in [-0.39, 0.29) is 11.5 Å². The van der Waals surface area contributed by atoms with E-state index in [4.69, 9.17) is 4.79 Å². The van der Waals surface area contributed by atoms with Crippen LogP contribution in [0, 0.1) is 11.7 Å². The highest BCUT2D eigenvalue weighted by atomic mass is 19.1. The van der Waals surface area contributed by atoms with Gasteiger partial charge in [0, 0.05) is 24.7 Å². The molecule has 30 heavy (non-hydrogen) atoms. The molecule has 0 unspecified atom stereocenters. The van der Waals surface area contributed by atoms with Crippen molar-refractivity contribution in [3.63, 3.8) is 0 Å². The summed E-state index contributed by atoms with van der Waals surface area (Å²) in [5, 5.41) is 3.01. The van der Waals surface area contributed by atoms with Crippen LogP contribution in [-0.4, -0.2) is 33.4 Å². The van der Waals surface area contributed by atoms with Gasteiger partial charge in [-0.25, -0.2) is 14.2 Å². The number of nitrogens with zero attached hydrogens (tertiary/aromatic N) is 2. The molecule has 0 aliphatic heterocycles. The number of nitrogens with one attached hydrogen (secondary N) is 3. The maximum atomic E-state index is 13.3. The third kappa shape index (κ3) is 4.03. The van der Waals surface area contributed by atoms with Crippen LogP contribution in [0.25, 0.3) is 33.5 Å². The Morgan fingerprint density at radius 1 is 1.10 bits per heavy atom. The quantitative estimate of drug-likeness (QED) is 0.464. The first-order valence-electron chi connectivity index (χ1n) is 9.51. The van der Waals surface area contributed by atoms with E-state index in [1.807, 2.05) is 25.0 Å². The minimum atomic E-state index is -0.288. The van der Waals surface area contributed by atoms with Crippen LogP contribution < -0.4 is 11.0 Å². The molecule has 2 heterocycles. The molecular weight excluding hydrogens is 385 g/mol. The molecule has 0 amide bonds. The topological polar surface area (TPSA) is 95.6 Å². The third-order valence-electron chi connectivity index (χ3n) is 4.67. The van der Waals surface area contributed by atoms with Gasteiger partial charge in [0.25, 0.3) is 0 Å². The van der Waals surface area contributed by atoms with E-state index in [1.54, 1.807) is 23.7 Å². The molecule has 4 rings (SSSR count). The molecule has 8 heteroatoms. The fraction of sp³-hybridized carbons (Fsp3) is 0.227. The van der Waals surface area contributed by atoms with Gasteiger partial charge in [0.2, 0.25) is 5.95 Å². The van der Waals surface area contributed by atoms with Crippen LogP contribution in [0.5, 0.6) is 0 Å². The van der Waals surface area contributed by atoms with Gasteiger partial charge in [-0.05, 0) is 42.3 Å². The van der Waals surface area contributed by atoms with Gasteiger partial charge in [-0.1, -0.05) is 19.9 Å². The monoisotopic (exact) mass is 409 g/mol. The van der Waals surface area contributed by atoms with Crippen molar-refractivity contribution < 1.29 is 9.18 Å². The van der Waals surface area contributed by atoms with E-state index >= 15 is 0 Å². The number of imidazole rings is 2. The summed E-state index contributed by atoms with van der Waals surface area (Å²) in [7, 11) is 1.78. The molecule has 156 valence electrons. The van der Waals surface area contributed by atoms with Crippen molar-refractivity contribution >= 4 is 23.8 Å². The van der Waals surface area contributed by atoms with E-state index in [1.165, 1.54) is 12.1 Å². The zero-order valence-corrected chi connectivity index (χ0v) is 17.1. The van der Waals surface area contributed by atoms with E-state index in [0.717, 1.165) is 33.5 Å². The van der Waals surface area contributed by atoms with Crippen molar-refractivity contribution in [2.24, 2.45) is 5.92 Å². The Hall–Kier alpha value is -3.68. The highest BCUT2D eigenvalue weighted by molar-refractivity contribution is 5.86. The Morgan fingerprint density at radius 2 is 1.77 bits per heavy atom. The lowest BCUT2D eigenvalue weighted by Crippen LogP contribution is -2.19. The van der Waals surface area contributed by atoms with Crippen LogP contribution in [0.15, 0.2) is 47.3 Å². The molecule has 0 saturated carbocycles. The second-order valence-electron chi connectivity index (χ2n) is 7.23. The average Bonchev–Trinajstić information content (AvgIpc) is 3.31. The number of hydrogen-bond donors (Lipinski definition) is 3. The van der Waals surface area contributed by atoms with Crippen molar-refractivity contribution in [3.8, 4) is 22.5 Å². The average molecular weight is 409 g/mol. The van der Waals surface area contributed by atoms with Crippen molar-refractivity contribution in [1.82, 2.24) is 19.5 Å². The van der Waals surface area contributed by atoms with Crippen LogP contribution in [0.2, 0.25) is 0 Å². The van der Waals surface area contributed by atoms with Gasteiger partial charge in [-0.15, -0.1) is 0 Å². The predicted octanol–water partition coefficient (Wildman–Crippen LogP) is 4.04. The van der Waals surface area contributed by atoms with Gasteiger partial charge in [0.05, 0.1) is 22.4 Å². The van der Waals surface area contributed by atoms with Gasteiger partial charge in [0.15, 0.2) is 0 Å². The highest BCUT2D eigenvalue weighted by Gasteiger charge is 2.16. The predicted molar refractivity (Wildman–Crippen MR) is 117 cm³/mol. The van der Waals surface area contributed by atoms with Crippen LogP contribution in [-0.2, 0) is 11.3 Å². The number of rotatable bonds is 5. The second-order valence-corrected chi connectivity index (χ2v) is 7.23. The molecule has 3 N–H and O–H groups in total. The van der Waals surface area contributed by atoms with Crippen molar-refractivity contribution in [3.05, 3.63) is 58.8 Å². The first-order chi connectivity index (χ1) is 14.5. The molecule has 0 bridgehead atoms. The molecule has 0 saturated heterocycles. The Balaban J connectivity index is 0.00000124. The molecule has 0 spiro atoms. The summed E-state index contributed by atoms with van der Waals surface area (Å²) in [5.74, 6) is 0.690. The van der Waals surface area contributed by atoms with E-state index in [9.17, 15) is 9.18 Å². The number of carbonyl (C=O) groups excluding carboxylic acids is 1. The Bertz CT molecular complexity index is 1200. The fourth-order valence-electron chi connectivity index (χ4n) is 3.38. The van der Waals surface area contributed by atoms with Crippen molar-refractivity contribution in [2.75, 3.05) is 12.4 Å². The SMILES string of the molecule is C=O.CNc1nc(-c2ccc3c(c2)[nH]c(=O)n3CC(C)C)c(-c2ccc(F)cc2)[nH]1. The minimum absolute atomic E-state index is 0.113. The van der Waals surface area contributed by atoms with Crippen LogP contribution >= 0.6 is 0 Å². The maximum Gasteiger partial charge on any atom is 0.326 e. The number of aromatic amines is 2. The second kappa shape index (κ2) is 8.77. The number of H-pyrrole nitrogens is 2. The van der Waals surface area contributed by atoms with Crippen molar-refractivity contribution in [2.45, 2.75) is 20.4 Å². The van der Waals surface area contributed by atoms with E-state index in [2.05, 4.69) is 34.1 Å². The van der Waals surface area contributed by atoms with Gasteiger partial charge in [0.1, 0.15) is 12.6 Å². The molecule has 0 radical (unpaired) electrons. The molecule has 0 aliphatic rings. The lowest BCUT2D eigenvalue weighted by Gasteiger charge is -2.07. The van der Waals surface area contributed by atoms with Gasteiger partial charge in [-0.3, -0.25) is 4.57 Å². The number of benzene rings is 2. The number of carbonyl (C=O) groups is 1. The Labute approximate surface area is 173 Å². The number of anilines is 1. The summed E-state index contributed by atoms with van der Waals surface area (Å²) >= 11 is 0. The molecule has 0 fully saturated rings. The largest absolute Gasteiger partial charge is 0.359 e.